The molecule has 5 heteroatoms. The van der Waals surface area contributed by atoms with E-state index in [9.17, 15) is 0 Å². The monoisotopic (exact) mass is 430 g/mol. The maximum atomic E-state index is 4.70. The molecule has 0 unspecified atom stereocenters. The molecule has 0 amide bonds. The first-order valence-corrected chi connectivity index (χ1v) is 8.25. The standard InChI is InChI=1S/C18H30N4.HI/c1-20(2)18(21(3)4)19-14-16-8-10-17(11-9-16)15-22-12-6-5-7-13-22;/h8-11H,5-7,12-15H2,1-4H3;1H. The van der Waals surface area contributed by atoms with Crippen LogP contribution in [0.25, 0.3) is 0 Å². The van der Waals surface area contributed by atoms with Crippen molar-refractivity contribution in [1.29, 1.82) is 0 Å². The molecule has 0 atom stereocenters. The number of likely N-dealkylation sites (tertiary alicyclic amines) is 1. The summed E-state index contributed by atoms with van der Waals surface area (Å²) in [6.45, 7) is 4.32. The number of hydrogen-bond donors (Lipinski definition) is 0. The van der Waals surface area contributed by atoms with Crippen molar-refractivity contribution in [3.8, 4) is 0 Å². The summed E-state index contributed by atoms with van der Waals surface area (Å²) in [5, 5.41) is 0. The Bertz CT molecular complexity index is 466. The fourth-order valence-electron chi connectivity index (χ4n) is 2.97. The van der Waals surface area contributed by atoms with E-state index in [0.717, 1.165) is 19.0 Å². The van der Waals surface area contributed by atoms with Gasteiger partial charge in [-0.2, -0.15) is 0 Å². The van der Waals surface area contributed by atoms with Gasteiger partial charge in [0.2, 0.25) is 0 Å². The third-order valence-corrected chi connectivity index (χ3v) is 4.08. The maximum absolute atomic E-state index is 4.70. The van der Waals surface area contributed by atoms with Crippen molar-refractivity contribution in [2.45, 2.75) is 32.4 Å². The average molecular weight is 430 g/mol. The van der Waals surface area contributed by atoms with E-state index in [1.807, 2.05) is 38.0 Å². The number of rotatable bonds is 4. The van der Waals surface area contributed by atoms with E-state index in [-0.39, 0.29) is 24.0 Å². The van der Waals surface area contributed by atoms with Crippen LogP contribution in [-0.4, -0.2) is 61.9 Å². The van der Waals surface area contributed by atoms with Crippen molar-refractivity contribution in [3.05, 3.63) is 35.4 Å². The van der Waals surface area contributed by atoms with Crippen molar-refractivity contribution >= 4 is 29.9 Å². The van der Waals surface area contributed by atoms with Gasteiger partial charge in [0.05, 0.1) is 6.54 Å². The van der Waals surface area contributed by atoms with Crippen LogP contribution in [0.3, 0.4) is 0 Å². The molecule has 0 bridgehead atoms. The molecule has 1 aliphatic heterocycles. The van der Waals surface area contributed by atoms with Crippen molar-refractivity contribution < 1.29 is 0 Å². The molecule has 0 N–H and O–H groups in total. The molecule has 1 fully saturated rings. The second kappa shape index (κ2) is 10.1. The lowest BCUT2D eigenvalue weighted by atomic mass is 10.1. The number of piperidine rings is 1. The SMILES string of the molecule is CN(C)C(=NCc1ccc(CN2CCCCC2)cc1)N(C)C.I. The second-order valence-corrected chi connectivity index (χ2v) is 6.56. The van der Waals surface area contributed by atoms with Crippen molar-refractivity contribution in [1.82, 2.24) is 14.7 Å². The van der Waals surface area contributed by atoms with Crippen LogP contribution in [0.15, 0.2) is 29.3 Å². The van der Waals surface area contributed by atoms with Crippen LogP contribution >= 0.6 is 24.0 Å². The molecule has 0 aliphatic carbocycles. The Morgan fingerprint density at radius 1 is 0.913 bits per heavy atom. The van der Waals surface area contributed by atoms with Gasteiger partial charge in [-0.05, 0) is 37.1 Å². The normalized spacial score (nSPS) is 14.8. The largest absolute Gasteiger partial charge is 0.349 e. The average Bonchev–Trinajstić information content (AvgIpc) is 2.49. The number of aliphatic imine (C=N–C) groups is 1. The van der Waals surface area contributed by atoms with Gasteiger partial charge >= 0.3 is 0 Å². The van der Waals surface area contributed by atoms with Gasteiger partial charge in [-0.1, -0.05) is 30.7 Å². The summed E-state index contributed by atoms with van der Waals surface area (Å²) in [6, 6.07) is 8.94. The van der Waals surface area contributed by atoms with Crippen LogP contribution in [0.5, 0.6) is 0 Å². The predicted octanol–water partition coefficient (Wildman–Crippen LogP) is 3.27. The maximum Gasteiger partial charge on any atom is 0.195 e. The summed E-state index contributed by atoms with van der Waals surface area (Å²) in [5.41, 5.74) is 2.68. The molecule has 1 aromatic rings. The molecule has 1 heterocycles. The van der Waals surface area contributed by atoms with E-state index in [2.05, 4.69) is 29.2 Å². The molecule has 0 spiro atoms. The fourth-order valence-corrected chi connectivity index (χ4v) is 2.97. The van der Waals surface area contributed by atoms with Crippen LogP contribution in [0.2, 0.25) is 0 Å². The Morgan fingerprint density at radius 2 is 1.43 bits per heavy atom. The van der Waals surface area contributed by atoms with Gasteiger partial charge in [-0.25, -0.2) is 4.99 Å². The summed E-state index contributed by atoms with van der Waals surface area (Å²) in [4.78, 5) is 11.4. The summed E-state index contributed by atoms with van der Waals surface area (Å²) in [6.07, 6.45) is 4.10. The highest BCUT2D eigenvalue weighted by Crippen LogP contribution is 2.14. The quantitative estimate of drug-likeness (QED) is 0.416. The molecule has 0 saturated carbocycles. The van der Waals surface area contributed by atoms with Gasteiger partial charge in [0.25, 0.3) is 0 Å². The topological polar surface area (TPSA) is 22.1 Å². The molecule has 0 aromatic heterocycles. The molecular weight excluding hydrogens is 399 g/mol. The van der Waals surface area contributed by atoms with Gasteiger partial charge in [0.1, 0.15) is 0 Å². The number of benzene rings is 1. The van der Waals surface area contributed by atoms with Crippen LogP contribution < -0.4 is 0 Å². The van der Waals surface area contributed by atoms with Crippen LogP contribution in [-0.2, 0) is 13.1 Å². The molecule has 1 aromatic carbocycles. The van der Waals surface area contributed by atoms with E-state index in [0.29, 0.717) is 0 Å². The molecule has 4 nitrogen and oxygen atoms in total. The number of hydrogen-bond acceptors (Lipinski definition) is 2. The van der Waals surface area contributed by atoms with Gasteiger partial charge in [0, 0.05) is 34.7 Å². The molecular formula is C18H31IN4. The molecule has 1 aliphatic rings. The molecule has 1 saturated heterocycles. The highest BCUT2D eigenvalue weighted by Gasteiger charge is 2.10. The lowest BCUT2D eigenvalue weighted by Gasteiger charge is -2.26. The molecule has 2 rings (SSSR count). The van der Waals surface area contributed by atoms with Crippen LogP contribution in [0.4, 0.5) is 0 Å². The Morgan fingerprint density at radius 3 is 1.96 bits per heavy atom. The second-order valence-electron chi connectivity index (χ2n) is 6.56. The third kappa shape index (κ3) is 6.67. The van der Waals surface area contributed by atoms with Crippen LogP contribution in [0.1, 0.15) is 30.4 Å². The summed E-state index contributed by atoms with van der Waals surface area (Å²) in [5.74, 6) is 0.998. The lowest BCUT2D eigenvalue weighted by Crippen LogP contribution is -2.35. The fraction of sp³-hybridized carbons (Fsp3) is 0.611. The van der Waals surface area contributed by atoms with E-state index < -0.39 is 0 Å². The smallest absolute Gasteiger partial charge is 0.195 e. The van der Waals surface area contributed by atoms with E-state index in [1.165, 1.54) is 43.5 Å². The summed E-state index contributed by atoms with van der Waals surface area (Å²) in [7, 11) is 8.11. The zero-order chi connectivity index (χ0) is 15.9. The summed E-state index contributed by atoms with van der Waals surface area (Å²) >= 11 is 0. The Kier molecular flexibility index (Phi) is 8.91. The first-order valence-electron chi connectivity index (χ1n) is 8.25. The van der Waals surface area contributed by atoms with Gasteiger partial charge in [-0.15, -0.1) is 24.0 Å². The minimum Gasteiger partial charge on any atom is -0.349 e. The highest BCUT2D eigenvalue weighted by atomic mass is 127. The number of guanidine groups is 1. The minimum atomic E-state index is 0. The Balaban J connectivity index is 0.00000264. The third-order valence-electron chi connectivity index (χ3n) is 4.08. The van der Waals surface area contributed by atoms with Gasteiger partial charge in [-0.3, -0.25) is 4.90 Å². The predicted molar refractivity (Wildman–Crippen MR) is 109 cm³/mol. The number of halogens is 1. The van der Waals surface area contributed by atoms with Crippen molar-refractivity contribution in [2.24, 2.45) is 4.99 Å². The first-order chi connectivity index (χ1) is 10.6. The van der Waals surface area contributed by atoms with E-state index in [1.54, 1.807) is 0 Å². The zero-order valence-corrected chi connectivity index (χ0v) is 17.3. The van der Waals surface area contributed by atoms with Gasteiger partial charge < -0.3 is 9.80 Å². The Hall–Kier alpha value is -0.820. The van der Waals surface area contributed by atoms with Crippen molar-refractivity contribution in [3.63, 3.8) is 0 Å². The molecule has 130 valence electrons. The summed E-state index contributed by atoms with van der Waals surface area (Å²) < 4.78 is 0. The first kappa shape index (κ1) is 20.2. The Labute approximate surface area is 158 Å². The van der Waals surface area contributed by atoms with Gasteiger partial charge in [0.15, 0.2) is 5.96 Å². The minimum absolute atomic E-state index is 0. The molecule has 0 radical (unpaired) electrons. The molecule has 23 heavy (non-hydrogen) atoms. The van der Waals surface area contributed by atoms with Crippen LogP contribution in [0, 0.1) is 0 Å². The van der Waals surface area contributed by atoms with Crippen molar-refractivity contribution in [2.75, 3.05) is 41.3 Å². The van der Waals surface area contributed by atoms with E-state index >= 15 is 0 Å². The lowest BCUT2D eigenvalue weighted by molar-refractivity contribution is 0.221. The zero-order valence-electron chi connectivity index (χ0n) is 15.0. The van der Waals surface area contributed by atoms with E-state index in [4.69, 9.17) is 4.99 Å². The number of nitrogens with zero attached hydrogens (tertiary/aromatic N) is 4. The highest BCUT2D eigenvalue weighted by molar-refractivity contribution is 14.0.